The molecule has 4 nitrogen and oxygen atoms in total. The Bertz CT molecular complexity index is 316. The van der Waals surface area contributed by atoms with Gasteiger partial charge in [-0.25, -0.2) is 0 Å². The average molecular weight is 273 g/mol. The Labute approximate surface area is 97.1 Å². The van der Waals surface area contributed by atoms with Crippen LogP contribution in [0.4, 0.5) is 0 Å². The summed E-state index contributed by atoms with van der Waals surface area (Å²) in [6.45, 7) is 3.09. The van der Waals surface area contributed by atoms with Crippen LogP contribution in [0.15, 0.2) is 22.9 Å². The van der Waals surface area contributed by atoms with Gasteiger partial charge in [0.2, 0.25) is 0 Å². The van der Waals surface area contributed by atoms with Gasteiger partial charge in [-0.3, -0.25) is 4.98 Å². The number of nitrogens with zero attached hydrogens (tertiary/aromatic N) is 1. The fraction of sp³-hybridized carbons (Fsp3) is 0.500. The predicted octanol–water partition coefficient (Wildman–Crippen LogP) is 1.21. The quantitative estimate of drug-likeness (QED) is 0.899. The van der Waals surface area contributed by atoms with Crippen molar-refractivity contribution in [3.05, 3.63) is 22.9 Å². The molecule has 1 aromatic rings. The first-order valence-electron chi connectivity index (χ1n) is 4.90. The molecule has 1 aliphatic heterocycles. The first-order valence-corrected chi connectivity index (χ1v) is 5.69. The molecule has 5 heteroatoms. The lowest BCUT2D eigenvalue weighted by molar-refractivity contribution is 0.000113. The van der Waals surface area contributed by atoms with Gasteiger partial charge in [0.15, 0.2) is 0 Å². The van der Waals surface area contributed by atoms with Crippen molar-refractivity contribution in [3.63, 3.8) is 0 Å². The zero-order valence-corrected chi connectivity index (χ0v) is 9.87. The van der Waals surface area contributed by atoms with Crippen molar-refractivity contribution >= 4 is 15.9 Å². The third kappa shape index (κ3) is 3.44. The highest BCUT2D eigenvalue weighted by Gasteiger charge is 2.13. The fourth-order valence-electron chi connectivity index (χ4n) is 1.39. The van der Waals surface area contributed by atoms with E-state index in [1.165, 1.54) is 0 Å². The third-order valence-corrected chi connectivity index (χ3v) is 2.55. The summed E-state index contributed by atoms with van der Waals surface area (Å²) in [5.74, 6) is 0.763. The Hall–Kier alpha value is -0.650. The zero-order chi connectivity index (χ0) is 10.5. The van der Waals surface area contributed by atoms with E-state index in [9.17, 15) is 0 Å². The molecule has 0 aliphatic carbocycles. The molecule has 1 unspecified atom stereocenters. The van der Waals surface area contributed by atoms with Gasteiger partial charge in [0.25, 0.3) is 0 Å². The van der Waals surface area contributed by atoms with E-state index >= 15 is 0 Å². The molecule has 0 aromatic carbocycles. The number of hydrogen-bond donors (Lipinski definition) is 1. The first-order chi connectivity index (χ1) is 7.34. The van der Waals surface area contributed by atoms with Crippen LogP contribution in [-0.2, 0) is 4.74 Å². The summed E-state index contributed by atoms with van der Waals surface area (Å²) in [4.78, 5) is 4.02. The lowest BCUT2D eigenvalue weighted by Crippen LogP contribution is -2.41. The maximum absolute atomic E-state index is 5.57. The normalized spacial score (nSPS) is 21.3. The van der Waals surface area contributed by atoms with E-state index in [0.29, 0.717) is 6.61 Å². The molecule has 15 heavy (non-hydrogen) atoms. The molecule has 0 amide bonds. The number of hydrogen-bond acceptors (Lipinski definition) is 4. The van der Waals surface area contributed by atoms with Crippen molar-refractivity contribution < 1.29 is 9.47 Å². The van der Waals surface area contributed by atoms with Crippen molar-refractivity contribution in [2.45, 2.75) is 6.10 Å². The second-order valence-corrected chi connectivity index (χ2v) is 4.26. The van der Waals surface area contributed by atoms with Gasteiger partial charge in [-0.1, -0.05) is 0 Å². The van der Waals surface area contributed by atoms with Crippen LogP contribution in [0, 0.1) is 0 Å². The number of ether oxygens (including phenoxy) is 2. The number of pyridine rings is 1. The highest BCUT2D eigenvalue weighted by molar-refractivity contribution is 9.10. The van der Waals surface area contributed by atoms with Gasteiger partial charge >= 0.3 is 0 Å². The summed E-state index contributed by atoms with van der Waals surface area (Å²) in [6.07, 6.45) is 3.56. The topological polar surface area (TPSA) is 43.4 Å². The van der Waals surface area contributed by atoms with Gasteiger partial charge in [0.1, 0.15) is 18.5 Å². The lowest BCUT2D eigenvalue weighted by Gasteiger charge is -2.23. The van der Waals surface area contributed by atoms with Crippen LogP contribution in [0.25, 0.3) is 0 Å². The highest BCUT2D eigenvalue weighted by Crippen LogP contribution is 2.16. The van der Waals surface area contributed by atoms with Gasteiger partial charge in [0, 0.05) is 23.8 Å². The molecular formula is C10H13BrN2O2. The Kier molecular flexibility index (Phi) is 3.94. The van der Waals surface area contributed by atoms with Gasteiger partial charge in [-0.2, -0.15) is 0 Å². The molecule has 2 heterocycles. The Balaban J connectivity index is 1.81. The molecular weight excluding hydrogens is 260 g/mol. The van der Waals surface area contributed by atoms with Crippen LogP contribution < -0.4 is 10.1 Å². The molecule has 1 fully saturated rings. The van der Waals surface area contributed by atoms with Crippen LogP contribution in [0.1, 0.15) is 0 Å². The average Bonchev–Trinajstić information content (AvgIpc) is 2.28. The summed E-state index contributed by atoms with van der Waals surface area (Å²) < 4.78 is 12.0. The van der Waals surface area contributed by atoms with Crippen molar-refractivity contribution in [2.24, 2.45) is 0 Å². The lowest BCUT2D eigenvalue weighted by atomic mass is 10.3. The Morgan fingerprint density at radius 1 is 1.60 bits per heavy atom. The summed E-state index contributed by atoms with van der Waals surface area (Å²) >= 11 is 3.34. The molecule has 1 N–H and O–H groups in total. The molecule has 0 bridgehead atoms. The van der Waals surface area contributed by atoms with Crippen molar-refractivity contribution in [1.82, 2.24) is 10.3 Å². The highest BCUT2D eigenvalue weighted by atomic mass is 79.9. The minimum Gasteiger partial charge on any atom is -0.489 e. The maximum Gasteiger partial charge on any atom is 0.138 e. The van der Waals surface area contributed by atoms with Gasteiger partial charge in [0.05, 0.1) is 12.8 Å². The molecule has 0 radical (unpaired) electrons. The van der Waals surface area contributed by atoms with E-state index in [2.05, 4.69) is 26.2 Å². The second kappa shape index (κ2) is 5.44. The number of morpholine rings is 1. The summed E-state index contributed by atoms with van der Waals surface area (Å²) in [5.41, 5.74) is 0. The molecule has 2 rings (SSSR count). The van der Waals surface area contributed by atoms with Gasteiger partial charge < -0.3 is 14.8 Å². The molecule has 1 aliphatic rings. The van der Waals surface area contributed by atoms with E-state index < -0.39 is 0 Å². The fourth-order valence-corrected chi connectivity index (χ4v) is 1.73. The maximum atomic E-state index is 5.57. The molecule has 1 saturated heterocycles. The van der Waals surface area contributed by atoms with Crippen LogP contribution >= 0.6 is 15.9 Å². The van der Waals surface area contributed by atoms with E-state index in [1.807, 2.05) is 6.07 Å². The number of nitrogens with one attached hydrogen (secondary N) is 1. The third-order valence-electron chi connectivity index (χ3n) is 2.12. The van der Waals surface area contributed by atoms with E-state index in [4.69, 9.17) is 9.47 Å². The minimum absolute atomic E-state index is 0.137. The SMILES string of the molecule is Brc1cncc(OCC2CNCCO2)c1. The summed E-state index contributed by atoms with van der Waals surface area (Å²) in [7, 11) is 0. The molecule has 0 saturated carbocycles. The van der Waals surface area contributed by atoms with Crippen LogP contribution in [0.3, 0.4) is 0 Å². The smallest absolute Gasteiger partial charge is 0.138 e. The number of aromatic nitrogens is 1. The zero-order valence-electron chi connectivity index (χ0n) is 8.28. The summed E-state index contributed by atoms with van der Waals surface area (Å²) in [5, 5.41) is 3.25. The standard InChI is InChI=1S/C10H13BrN2O2/c11-8-3-9(5-13-4-8)15-7-10-6-12-1-2-14-10/h3-5,10,12H,1-2,6-7H2. The van der Waals surface area contributed by atoms with Crippen LogP contribution in [0.5, 0.6) is 5.75 Å². The molecule has 1 atom stereocenters. The van der Waals surface area contributed by atoms with E-state index in [-0.39, 0.29) is 6.10 Å². The van der Waals surface area contributed by atoms with Gasteiger partial charge in [-0.15, -0.1) is 0 Å². The van der Waals surface area contributed by atoms with Crippen molar-refractivity contribution in [3.8, 4) is 5.75 Å². The largest absolute Gasteiger partial charge is 0.489 e. The van der Waals surface area contributed by atoms with Crippen LogP contribution in [0.2, 0.25) is 0 Å². The monoisotopic (exact) mass is 272 g/mol. The number of halogens is 1. The first kappa shape index (κ1) is 10.9. The van der Waals surface area contributed by atoms with Crippen molar-refractivity contribution in [2.75, 3.05) is 26.3 Å². The minimum atomic E-state index is 0.137. The summed E-state index contributed by atoms with van der Waals surface area (Å²) in [6, 6.07) is 1.89. The second-order valence-electron chi connectivity index (χ2n) is 3.35. The Morgan fingerprint density at radius 3 is 3.27 bits per heavy atom. The molecule has 82 valence electrons. The predicted molar refractivity (Wildman–Crippen MR) is 60.0 cm³/mol. The van der Waals surface area contributed by atoms with E-state index in [1.54, 1.807) is 12.4 Å². The molecule has 0 spiro atoms. The number of rotatable bonds is 3. The molecule has 1 aromatic heterocycles. The van der Waals surface area contributed by atoms with Crippen molar-refractivity contribution in [1.29, 1.82) is 0 Å². The Morgan fingerprint density at radius 2 is 2.53 bits per heavy atom. The van der Waals surface area contributed by atoms with Crippen LogP contribution in [-0.4, -0.2) is 37.4 Å². The van der Waals surface area contributed by atoms with Gasteiger partial charge in [-0.05, 0) is 22.0 Å². The van der Waals surface area contributed by atoms with E-state index in [0.717, 1.165) is 29.9 Å².